The molecule has 0 aromatic rings. The van der Waals surface area contributed by atoms with Gasteiger partial charge in [0.05, 0.1) is 7.11 Å². The number of esters is 1. The van der Waals surface area contributed by atoms with Gasteiger partial charge in [-0.3, -0.25) is 4.79 Å². The maximum absolute atomic E-state index is 11.6. The maximum Gasteiger partial charge on any atom is 0.325 e. The molecule has 1 rings (SSSR count). The molecule has 2 unspecified atom stereocenters. The average Bonchev–Trinajstić information content (AvgIpc) is 2.38. The van der Waals surface area contributed by atoms with Gasteiger partial charge in [-0.2, -0.15) is 0 Å². The Hall–Kier alpha value is -0.610. The highest BCUT2D eigenvalue weighted by Gasteiger charge is 2.34. The summed E-state index contributed by atoms with van der Waals surface area (Å²) in [4.78, 5) is 14.1. The van der Waals surface area contributed by atoms with E-state index in [9.17, 15) is 4.79 Å². The van der Waals surface area contributed by atoms with Crippen LogP contribution in [0.2, 0.25) is 0 Å². The predicted molar refractivity (Wildman–Crippen MR) is 77.9 cm³/mol. The lowest BCUT2D eigenvalue weighted by atomic mass is 9.89. The third kappa shape index (κ3) is 4.77. The highest BCUT2D eigenvalue weighted by Crippen LogP contribution is 2.25. The van der Waals surface area contributed by atoms with Gasteiger partial charge in [0, 0.05) is 6.04 Å². The van der Waals surface area contributed by atoms with Crippen molar-refractivity contribution in [2.45, 2.75) is 64.5 Å². The first-order chi connectivity index (χ1) is 8.90. The summed E-state index contributed by atoms with van der Waals surface area (Å²) in [6.07, 6.45) is 5.83. The van der Waals surface area contributed by atoms with Crippen LogP contribution >= 0.6 is 0 Å². The normalized spacial score (nSPS) is 22.8. The van der Waals surface area contributed by atoms with E-state index in [0.29, 0.717) is 12.5 Å². The zero-order chi connectivity index (χ0) is 14.5. The number of nitrogens with two attached hydrogens (primary N) is 1. The van der Waals surface area contributed by atoms with Crippen LogP contribution in [0.25, 0.3) is 0 Å². The Bertz CT molecular complexity index is 284. The van der Waals surface area contributed by atoms with Crippen LogP contribution in [-0.4, -0.2) is 42.6 Å². The van der Waals surface area contributed by atoms with Gasteiger partial charge in [-0.15, -0.1) is 0 Å². The summed E-state index contributed by atoms with van der Waals surface area (Å²) in [5.74, 6) is 0.568. The minimum Gasteiger partial charge on any atom is -0.468 e. The number of rotatable bonds is 6. The minimum atomic E-state index is -0.881. The molecular weight excluding hydrogens is 240 g/mol. The molecule has 0 aromatic heterocycles. The van der Waals surface area contributed by atoms with Crippen LogP contribution in [0.3, 0.4) is 0 Å². The molecular formula is C15H30N2O2. The molecule has 1 saturated heterocycles. The second kappa shape index (κ2) is 7.25. The van der Waals surface area contributed by atoms with Crippen molar-refractivity contribution in [1.29, 1.82) is 0 Å². The van der Waals surface area contributed by atoms with Crippen LogP contribution in [0, 0.1) is 5.92 Å². The summed E-state index contributed by atoms with van der Waals surface area (Å²) in [6.45, 7) is 8.44. The van der Waals surface area contributed by atoms with Crippen molar-refractivity contribution in [3.63, 3.8) is 0 Å². The first-order valence-electron chi connectivity index (χ1n) is 7.52. The molecule has 19 heavy (non-hydrogen) atoms. The van der Waals surface area contributed by atoms with Crippen LogP contribution in [0.4, 0.5) is 0 Å². The highest BCUT2D eigenvalue weighted by molar-refractivity contribution is 5.79. The van der Waals surface area contributed by atoms with Gasteiger partial charge < -0.3 is 15.4 Å². The van der Waals surface area contributed by atoms with Crippen molar-refractivity contribution in [1.82, 2.24) is 4.90 Å². The van der Waals surface area contributed by atoms with E-state index in [2.05, 4.69) is 18.7 Å². The van der Waals surface area contributed by atoms with Crippen molar-refractivity contribution in [2.24, 2.45) is 11.7 Å². The summed E-state index contributed by atoms with van der Waals surface area (Å²) in [5.41, 5.74) is 5.17. The summed E-state index contributed by atoms with van der Waals surface area (Å²) in [7, 11) is 1.40. The van der Waals surface area contributed by atoms with Gasteiger partial charge in [0.2, 0.25) is 0 Å². The van der Waals surface area contributed by atoms with E-state index >= 15 is 0 Å². The average molecular weight is 270 g/mol. The molecule has 1 aliphatic rings. The van der Waals surface area contributed by atoms with Crippen molar-refractivity contribution in [2.75, 3.05) is 20.2 Å². The van der Waals surface area contributed by atoms with Gasteiger partial charge in [-0.25, -0.2) is 0 Å². The molecule has 0 amide bonds. The third-order valence-corrected chi connectivity index (χ3v) is 4.34. The van der Waals surface area contributed by atoms with Gasteiger partial charge >= 0.3 is 5.97 Å². The smallest absolute Gasteiger partial charge is 0.325 e. The number of nitrogens with zero attached hydrogens (tertiary/aromatic N) is 1. The van der Waals surface area contributed by atoms with E-state index in [1.807, 2.05) is 0 Å². The molecule has 112 valence electrons. The molecule has 4 heteroatoms. The van der Waals surface area contributed by atoms with Crippen LogP contribution in [-0.2, 0) is 9.53 Å². The van der Waals surface area contributed by atoms with E-state index in [1.54, 1.807) is 6.92 Å². The highest BCUT2D eigenvalue weighted by atomic mass is 16.5. The van der Waals surface area contributed by atoms with Crippen molar-refractivity contribution >= 4 is 5.97 Å². The molecule has 1 aliphatic heterocycles. The number of piperidine rings is 1. The minimum absolute atomic E-state index is 0.319. The molecule has 1 fully saturated rings. The molecule has 0 aromatic carbocycles. The molecule has 0 radical (unpaired) electrons. The molecule has 0 aliphatic carbocycles. The Labute approximate surface area is 117 Å². The van der Waals surface area contributed by atoms with Crippen molar-refractivity contribution in [3.8, 4) is 0 Å². The van der Waals surface area contributed by atoms with E-state index in [0.717, 1.165) is 19.0 Å². The number of likely N-dealkylation sites (tertiary alicyclic amines) is 1. The Balaban J connectivity index is 2.43. The Kier molecular flexibility index (Phi) is 6.27. The quantitative estimate of drug-likeness (QED) is 0.752. The van der Waals surface area contributed by atoms with E-state index in [-0.39, 0.29) is 5.97 Å². The maximum atomic E-state index is 11.6. The lowest BCUT2D eigenvalue weighted by molar-refractivity contribution is -0.147. The predicted octanol–water partition coefficient (Wildman–Crippen LogP) is 2.17. The topological polar surface area (TPSA) is 55.6 Å². The summed E-state index contributed by atoms with van der Waals surface area (Å²) >= 11 is 0. The van der Waals surface area contributed by atoms with Crippen LogP contribution < -0.4 is 5.73 Å². The van der Waals surface area contributed by atoms with Gasteiger partial charge in [0.1, 0.15) is 5.54 Å². The van der Waals surface area contributed by atoms with E-state index < -0.39 is 5.54 Å². The largest absolute Gasteiger partial charge is 0.468 e. The molecule has 0 bridgehead atoms. The Morgan fingerprint density at radius 3 is 2.53 bits per heavy atom. The van der Waals surface area contributed by atoms with Gasteiger partial charge in [0.25, 0.3) is 0 Å². The number of ether oxygens (including phenoxy) is 1. The number of carbonyl (C=O) groups is 1. The monoisotopic (exact) mass is 270 g/mol. The lowest BCUT2D eigenvalue weighted by Crippen LogP contribution is -2.51. The van der Waals surface area contributed by atoms with E-state index in [4.69, 9.17) is 10.5 Å². The summed E-state index contributed by atoms with van der Waals surface area (Å²) in [6, 6.07) is 0.330. The van der Waals surface area contributed by atoms with Crippen LogP contribution in [0.15, 0.2) is 0 Å². The fourth-order valence-corrected chi connectivity index (χ4v) is 3.15. The standard InChI is InChI=1S/C15H30N2O2/c1-5-6-13-7-9-17(10-8-13)12(2)11-15(3,16)14(18)19-4/h12-13H,5-11,16H2,1-4H3. The molecule has 2 atom stereocenters. The molecule has 0 saturated carbocycles. The molecule has 4 nitrogen and oxygen atoms in total. The van der Waals surface area contributed by atoms with Crippen LogP contribution in [0.5, 0.6) is 0 Å². The van der Waals surface area contributed by atoms with Crippen molar-refractivity contribution < 1.29 is 9.53 Å². The summed E-state index contributed by atoms with van der Waals surface area (Å²) < 4.78 is 4.77. The molecule has 2 N–H and O–H groups in total. The number of hydrogen-bond donors (Lipinski definition) is 1. The van der Waals surface area contributed by atoms with Crippen molar-refractivity contribution in [3.05, 3.63) is 0 Å². The SMILES string of the molecule is CCCC1CCN(C(C)CC(C)(N)C(=O)OC)CC1. The fourth-order valence-electron chi connectivity index (χ4n) is 3.15. The second-order valence-corrected chi connectivity index (χ2v) is 6.23. The van der Waals surface area contributed by atoms with Gasteiger partial charge in [0.15, 0.2) is 0 Å². The molecule has 1 heterocycles. The Morgan fingerprint density at radius 1 is 1.47 bits per heavy atom. The van der Waals surface area contributed by atoms with Gasteiger partial charge in [-0.05, 0) is 52.1 Å². The second-order valence-electron chi connectivity index (χ2n) is 6.23. The third-order valence-electron chi connectivity index (χ3n) is 4.34. The zero-order valence-electron chi connectivity index (χ0n) is 12.9. The lowest BCUT2D eigenvalue weighted by Gasteiger charge is -2.38. The molecule has 0 spiro atoms. The number of methoxy groups -OCH3 is 1. The summed E-state index contributed by atoms with van der Waals surface area (Å²) in [5, 5.41) is 0. The zero-order valence-corrected chi connectivity index (χ0v) is 12.9. The van der Waals surface area contributed by atoms with Crippen LogP contribution in [0.1, 0.15) is 52.9 Å². The Morgan fingerprint density at radius 2 is 2.05 bits per heavy atom. The first kappa shape index (κ1) is 16.4. The van der Waals surface area contributed by atoms with Gasteiger partial charge in [-0.1, -0.05) is 19.8 Å². The number of hydrogen-bond acceptors (Lipinski definition) is 4. The fraction of sp³-hybridized carbons (Fsp3) is 0.933. The first-order valence-corrected chi connectivity index (χ1v) is 7.52. The van der Waals surface area contributed by atoms with E-state index in [1.165, 1.54) is 32.8 Å². The number of carbonyl (C=O) groups excluding carboxylic acids is 1.